The third kappa shape index (κ3) is 1.73. The predicted octanol–water partition coefficient (Wildman–Crippen LogP) is 1.57. The van der Waals surface area contributed by atoms with Crippen LogP contribution < -0.4 is 4.74 Å². The van der Waals surface area contributed by atoms with Crippen LogP contribution >= 0.6 is 0 Å². The molecule has 0 radical (unpaired) electrons. The molecule has 3 heteroatoms. The molecule has 3 nitrogen and oxygen atoms in total. The van der Waals surface area contributed by atoms with Gasteiger partial charge in [0.05, 0.1) is 6.61 Å². The standard InChI is InChI=1S/C12H17NO2/c1-13(2)12(14)8-5-9-15-11-7-4-3-6-10(11)12/h3-4,6-7,14H,5,8-9H2,1-2H3. The maximum atomic E-state index is 10.6. The van der Waals surface area contributed by atoms with Gasteiger partial charge in [-0.05, 0) is 33.0 Å². The number of hydrogen-bond donors (Lipinski definition) is 1. The molecule has 1 N–H and O–H groups in total. The first-order valence-electron chi connectivity index (χ1n) is 5.27. The van der Waals surface area contributed by atoms with Gasteiger partial charge in [-0.2, -0.15) is 0 Å². The van der Waals surface area contributed by atoms with Crippen LogP contribution in [-0.2, 0) is 5.72 Å². The van der Waals surface area contributed by atoms with Gasteiger partial charge in [-0.15, -0.1) is 0 Å². The van der Waals surface area contributed by atoms with E-state index in [1.165, 1.54) is 0 Å². The van der Waals surface area contributed by atoms with E-state index < -0.39 is 5.72 Å². The zero-order chi connectivity index (χ0) is 10.9. The first-order chi connectivity index (χ1) is 7.14. The Morgan fingerprint density at radius 3 is 2.80 bits per heavy atom. The highest BCUT2D eigenvalue weighted by Crippen LogP contribution is 2.37. The summed E-state index contributed by atoms with van der Waals surface area (Å²) in [6.07, 6.45) is 1.57. The highest BCUT2D eigenvalue weighted by Gasteiger charge is 2.35. The highest BCUT2D eigenvalue weighted by molar-refractivity contribution is 5.38. The molecule has 1 unspecified atom stereocenters. The molecule has 82 valence electrons. The molecule has 1 aliphatic rings. The van der Waals surface area contributed by atoms with Crippen LogP contribution in [0, 0.1) is 0 Å². The van der Waals surface area contributed by atoms with Crippen LogP contribution in [0.25, 0.3) is 0 Å². The summed E-state index contributed by atoms with van der Waals surface area (Å²) in [7, 11) is 3.78. The van der Waals surface area contributed by atoms with Crippen LogP contribution in [0.3, 0.4) is 0 Å². The van der Waals surface area contributed by atoms with Crippen molar-refractivity contribution in [1.29, 1.82) is 0 Å². The fourth-order valence-electron chi connectivity index (χ4n) is 2.02. The predicted molar refractivity (Wildman–Crippen MR) is 58.8 cm³/mol. The number of rotatable bonds is 1. The Bertz CT molecular complexity index is 351. The van der Waals surface area contributed by atoms with E-state index in [1.54, 1.807) is 0 Å². The molecular formula is C12H17NO2. The SMILES string of the molecule is CN(C)C1(O)CCCOc2ccccc21. The molecule has 1 aliphatic heterocycles. The molecule has 0 fully saturated rings. The Morgan fingerprint density at radius 1 is 1.33 bits per heavy atom. The van der Waals surface area contributed by atoms with Crippen molar-refractivity contribution in [2.24, 2.45) is 0 Å². The largest absolute Gasteiger partial charge is 0.493 e. The second kappa shape index (κ2) is 3.83. The monoisotopic (exact) mass is 207 g/mol. The third-order valence-corrected chi connectivity index (χ3v) is 2.99. The Morgan fingerprint density at radius 2 is 2.07 bits per heavy atom. The van der Waals surface area contributed by atoms with Crippen molar-refractivity contribution in [3.05, 3.63) is 29.8 Å². The van der Waals surface area contributed by atoms with Gasteiger partial charge in [-0.3, -0.25) is 4.90 Å². The lowest BCUT2D eigenvalue weighted by molar-refractivity contribution is -0.0951. The van der Waals surface area contributed by atoms with E-state index in [1.807, 2.05) is 43.3 Å². The Kier molecular flexibility index (Phi) is 2.67. The lowest BCUT2D eigenvalue weighted by Crippen LogP contribution is -2.40. The summed E-state index contributed by atoms with van der Waals surface area (Å²) in [6.45, 7) is 0.674. The zero-order valence-corrected chi connectivity index (χ0v) is 9.23. The highest BCUT2D eigenvalue weighted by atomic mass is 16.5. The molecule has 15 heavy (non-hydrogen) atoms. The number of fused-ring (bicyclic) bond motifs is 1. The number of nitrogens with zero attached hydrogens (tertiary/aromatic N) is 1. The molecule has 1 aromatic carbocycles. The Labute approximate surface area is 90.3 Å². The lowest BCUT2D eigenvalue weighted by atomic mass is 9.96. The van der Waals surface area contributed by atoms with Gasteiger partial charge < -0.3 is 9.84 Å². The van der Waals surface area contributed by atoms with Gasteiger partial charge >= 0.3 is 0 Å². The van der Waals surface area contributed by atoms with E-state index in [-0.39, 0.29) is 0 Å². The first kappa shape index (κ1) is 10.5. The summed E-state index contributed by atoms with van der Waals surface area (Å²) >= 11 is 0. The minimum absolute atomic E-state index is 0.674. The van der Waals surface area contributed by atoms with Crippen molar-refractivity contribution < 1.29 is 9.84 Å². The van der Waals surface area contributed by atoms with Gasteiger partial charge in [-0.1, -0.05) is 18.2 Å². The van der Waals surface area contributed by atoms with Crippen LogP contribution in [0.15, 0.2) is 24.3 Å². The average molecular weight is 207 g/mol. The molecule has 0 aromatic heterocycles. The van der Waals surface area contributed by atoms with Crippen LogP contribution in [0.2, 0.25) is 0 Å². The molecule has 0 bridgehead atoms. The van der Waals surface area contributed by atoms with E-state index in [9.17, 15) is 5.11 Å². The average Bonchev–Trinajstić information content (AvgIpc) is 2.40. The number of benzene rings is 1. The number of aliphatic hydroxyl groups is 1. The summed E-state index contributed by atoms with van der Waals surface area (Å²) in [5, 5.41) is 10.6. The van der Waals surface area contributed by atoms with Crippen molar-refractivity contribution in [3.8, 4) is 5.75 Å². The summed E-state index contributed by atoms with van der Waals surface area (Å²) in [5.74, 6) is 0.797. The van der Waals surface area contributed by atoms with Crippen molar-refractivity contribution >= 4 is 0 Å². The number of para-hydroxylation sites is 1. The van der Waals surface area contributed by atoms with Crippen molar-refractivity contribution in [2.45, 2.75) is 18.6 Å². The number of hydrogen-bond acceptors (Lipinski definition) is 3. The van der Waals surface area contributed by atoms with Gasteiger partial charge in [0.25, 0.3) is 0 Å². The quantitative estimate of drug-likeness (QED) is 0.709. The van der Waals surface area contributed by atoms with Gasteiger partial charge in [0.2, 0.25) is 0 Å². The van der Waals surface area contributed by atoms with E-state index in [0.717, 1.165) is 17.7 Å². The lowest BCUT2D eigenvalue weighted by Gasteiger charge is -2.34. The van der Waals surface area contributed by atoms with E-state index in [2.05, 4.69) is 0 Å². The van der Waals surface area contributed by atoms with E-state index in [4.69, 9.17) is 4.74 Å². The fourth-order valence-corrected chi connectivity index (χ4v) is 2.02. The smallest absolute Gasteiger partial charge is 0.147 e. The van der Waals surface area contributed by atoms with Gasteiger partial charge in [0.15, 0.2) is 0 Å². The summed E-state index contributed by atoms with van der Waals surface area (Å²) < 4.78 is 5.61. The van der Waals surface area contributed by atoms with E-state index >= 15 is 0 Å². The molecule has 1 aromatic rings. The molecule has 0 saturated heterocycles. The minimum atomic E-state index is -0.896. The minimum Gasteiger partial charge on any atom is -0.493 e. The molecule has 2 rings (SSSR count). The van der Waals surface area contributed by atoms with Crippen LogP contribution in [0.4, 0.5) is 0 Å². The van der Waals surface area contributed by atoms with Gasteiger partial charge in [0.1, 0.15) is 11.5 Å². The van der Waals surface area contributed by atoms with Gasteiger partial charge in [0, 0.05) is 5.56 Å². The van der Waals surface area contributed by atoms with E-state index in [0.29, 0.717) is 13.0 Å². The van der Waals surface area contributed by atoms with Crippen molar-refractivity contribution in [3.63, 3.8) is 0 Å². The topological polar surface area (TPSA) is 32.7 Å². The molecule has 0 saturated carbocycles. The first-order valence-corrected chi connectivity index (χ1v) is 5.27. The Hall–Kier alpha value is -1.06. The fraction of sp³-hybridized carbons (Fsp3) is 0.500. The Balaban J connectivity index is 2.50. The van der Waals surface area contributed by atoms with Crippen LogP contribution in [-0.4, -0.2) is 30.7 Å². The normalized spacial score (nSPS) is 25.6. The summed E-state index contributed by atoms with van der Waals surface area (Å²) in [6, 6.07) is 7.71. The zero-order valence-electron chi connectivity index (χ0n) is 9.23. The maximum Gasteiger partial charge on any atom is 0.147 e. The third-order valence-electron chi connectivity index (χ3n) is 2.99. The van der Waals surface area contributed by atoms with Crippen LogP contribution in [0.5, 0.6) is 5.75 Å². The number of ether oxygens (including phenoxy) is 1. The molecule has 1 atom stereocenters. The molecule has 0 spiro atoms. The van der Waals surface area contributed by atoms with Crippen molar-refractivity contribution in [2.75, 3.05) is 20.7 Å². The second-order valence-corrected chi connectivity index (χ2v) is 4.16. The molecule has 0 amide bonds. The maximum absolute atomic E-state index is 10.6. The second-order valence-electron chi connectivity index (χ2n) is 4.16. The van der Waals surface area contributed by atoms with Crippen LogP contribution in [0.1, 0.15) is 18.4 Å². The molecule has 1 heterocycles. The van der Waals surface area contributed by atoms with Crippen molar-refractivity contribution in [1.82, 2.24) is 4.90 Å². The summed E-state index contributed by atoms with van der Waals surface area (Å²) in [4.78, 5) is 1.85. The van der Waals surface area contributed by atoms with Gasteiger partial charge in [-0.25, -0.2) is 0 Å². The molecule has 0 aliphatic carbocycles. The molecular weight excluding hydrogens is 190 g/mol. The summed E-state index contributed by atoms with van der Waals surface area (Å²) in [5.41, 5.74) is -0.0277.